The summed E-state index contributed by atoms with van der Waals surface area (Å²) in [5.41, 5.74) is 0.413. The van der Waals surface area contributed by atoms with Gasteiger partial charge in [-0.25, -0.2) is 4.39 Å². The van der Waals surface area contributed by atoms with Gasteiger partial charge in [0.2, 0.25) is 0 Å². The molecule has 102 valence electrons. The molecule has 1 aliphatic rings. The van der Waals surface area contributed by atoms with Crippen molar-refractivity contribution in [1.82, 2.24) is 0 Å². The van der Waals surface area contributed by atoms with Crippen LogP contribution >= 0.6 is 11.8 Å². The van der Waals surface area contributed by atoms with Crippen molar-refractivity contribution in [2.24, 2.45) is 0 Å². The third kappa shape index (κ3) is 2.45. The summed E-state index contributed by atoms with van der Waals surface area (Å²) in [6.07, 6.45) is 2.99. The molecule has 0 aliphatic carbocycles. The van der Waals surface area contributed by atoms with Gasteiger partial charge in [-0.2, -0.15) is 0 Å². The molecule has 0 atom stereocenters. The van der Waals surface area contributed by atoms with Crippen molar-refractivity contribution in [3.8, 4) is 11.5 Å². The first-order valence-electron chi connectivity index (χ1n) is 5.84. The summed E-state index contributed by atoms with van der Waals surface area (Å²) in [7, 11) is 1.48. The van der Waals surface area contributed by atoms with Crippen molar-refractivity contribution in [1.29, 1.82) is 10.8 Å². The van der Waals surface area contributed by atoms with E-state index in [9.17, 15) is 4.39 Å². The highest BCUT2D eigenvalue weighted by Crippen LogP contribution is 2.38. The Bertz CT molecular complexity index is 546. The minimum atomic E-state index is -0.473. The zero-order valence-electron chi connectivity index (χ0n) is 10.8. The smallest absolute Gasteiger partial charge is 0.167 e. The van der Waals surface area contributed by atoms with Crippen molar-refractivity contribution in [3.63, 3.8) is 0 Å². The summed E-state index contributed by atoms with van der Waals surface area (Å²) in [4.78, 5) is 0. The SMILES string of the molecule is COc1cc(C(=N)C(=N)SC)c(F)c2c1OCCC2. The van der Waals surface area contributed by atoms with Gasteiger partial charge in [-0.3, -0.25) is 10.8 Å². The Morgan fingerprint density at radius 1 is 1.47 bits per heavy atom. The van der Waals surface area contributed by atoms with Gasteiger partial charge in [0.1, 0.15) is 10.9 Å². The van der Waals surface area contributed by atoms with Gasteiger partial charge in [0.05, 0.1) is 19.4 Å². The summed E-state index contributed by atoms with van der Waals surface area (Å²) in [6, 6.07) is 1.44. The minimum absolute atomic E-state index is 0.0256. The Morgan fingerprint density at radius 3 is 2.84 bits per heavy atom. The molecule has 0 amide bonds. The van der Waals surface area contributed by atoms with E-state index in [1.807, 2.05) is 0 Å². The van der Waals surface area contributed by atoms with E-state index >= 15 is 0 Å². The Labute approximate surface area is 115 Å². The highest BCUT2D eigenvalue weighted by Gasteiger charge is 2.25. The number of methoxy groups -OCH3 is 1. The van der Waals surface area contributed by atoms with Gasteiger partial charge in [0.25, 0.3) is 0 Å². The minimum Gasteiger partial charge on any atom is -0.493 e. The molecule has 4 nitrogen and oxygen atoms in total. The monoisotopic (exact) mass is 282 g/mol. The molecule has 0 radical (unpaired) electrons. The molecule has 1 heterocycles. The first-order chi connectivity index (χ1) is 9.10. The third-order valence-corrected chi connectivity index (χ3v) is 3.63. The lowest BCUT2D eigenvalue weighted by molar-refractivity contribution is 0.265. The van der Waals surface area contributed by atoms with Crippen molar-refractivity contribution < 1.29 is 13.9 Å². The molecule has 0 aromatic heterocycles. The molecule has 0 unspecified atom stereocenters. The summed E-state index contributed by atoms with van der Waals surface area (Å²) < 4.78 is 25.1. The number of halogens is 1. The summed E-state index contributed by atoms with van der Waals surface area (Å²) in [5, 5.41) is 15.6. The molecule has 2 rings (SSSR count). The molecule has 0 fully saturated rings. The summed E-state index contributed by atoms with van der Waals surface area (Å²) >= 11 is 1.11. The average molecular weight is 282 g/mol. The number of hydrogen-bond donors (Lipinski definition) is 2. The molecule has 19 heavy (non-hydrogen) atoms. The molecule has 0 saturated carbocycles. The molecule has 6 heteroatoms. The standard InChI is InChI=1S/C13H15FN2O2S/c1-17-9-6-8(11(15)13(16)19-2)10(14)7-4-3-5-18-12(7)9/h6,15-16H,3-5H2,1-2H3. The van der Waals surface area contributed by atoms with Gasteiger partial charge in [0, 0.05) is 11.1 Å². The molecular weight excluding hydrogens is 267 g/mol. The van der Waals surface area contributed by atoms with Gasteiger partial charge >= 0.3 is 0 Å². The maximum atomic E-state index is 14.4. The van der Waals surface area contributed by atoms with E-state index in [-0.39, 0.29) is 16.3 Å². The fourth-order valence-corrected chi connectivity index (χ4v) is 2.35. The number of nitrogens with one attached hydrogen (secondary N) is 2. The van der Waals surface area contributed by atoms with Crippen molar-refractivity contribution in [2.45, 2.75) is 12.8 Å². The second-order valence-electron chi connectivity index (χ2n) is 4.11. The maximum Gasteiger partial charge on any atom is 0.167 e. The summed E-state index contributed by atoms with van der Waals surface area (Å²) in [6.45, 7) is 0.542. The Morgan fingerprint density at radius 2 is 2.21 bits per heavy atom. The highest BCUT2D eigenvalue weighted by atomic mass is 32.2. The van der Waals surface area contributed by atoms with Crippen LogP contribution in [-0.2, 0) is 6.42 Å². The summed E-state index contributed by atoms with van der Waals surface area (Å²) in [5.74, 6) is 0.377. The Balaban J connectivity index is 2.57. The molecule has 0 saturated heterocycles. The van der Waals surface area contributed by atoms with Crippen LogP contribution in [0, 0.1) is 16.6 Å². The second-order valence-corrected chi connectivity index (χ2v) is 4.92. The predicted octanol–water partition coefficient (Wildman–Crippen LogP) is 2.87. The van der Waals surface area contributed by atoms with Gasteiger partial charge in [0.15, 0.2) is 11.5 Å². The predicted molar refractivity (Wildman–Crippen MR) is 74.8 cm³/mol. The Kier molecular flexibility index (Phi) is 4.09. The molecular formula is C13H15FN2O2S. The van der Waals surface area contributed by atoms with Crippen LogP contribution in [0.3, 0.4) is 0 Å². The molecule has 1 aromatic carbocycles. The Hall–Kier alpha value is -1.56. The fourth-order valence-electron chi connectivity index (χ4n) is 2.03. The number of rotatable bonds is 3. The van der Waals surface area contributed by atoms with Crippen LogP contribution < -0.4 is 9.47 Å². The first-order valence-corrected chi connectivity index (χ1v) is 7.06. The van der Waals surface area contributed by atoms with Gasteiger partial charge < -0.3 is 9.47 Å². The van der Waals surface area contributed by atoms with Crippen LogP contribution in [-0.4, -0.2) is 30.7 Å². The topological polar surface area (TPSA) is 66.2 Å². The molecule has 0 spiro atoms. The lowest BCUT2D eigenvalue weighted by Crippen LogP contribution is -2.17. The number of fused-ring (bicyclic) bond motifs is 1. The van der Waals surface area contributed by atoms with Crippen LogP contribution in [0.15, 0.2) is 6.07 Å². The third-order valence-electron chi connectivity index (χ3n) is 3.01. The van der Waals surface area contributed by atoms with E-state index in [1.54, 1.807) is 6.26 Å². The molecule has 1 aromatic rings. The first kappa shape index (κ1) is 13.9. The van der Waals surface area contributed by atoms with Crippen molar-refractivity contribution in [3.05, 3.63) is 23.0 Å². The van der Waals surface area contributed by atoms with E-state index in [1.165, 1.54) is 13.2 Å². The lowest BCUT2D eigenvalue weighted by atomic mass is 9.99. The number of thioether (sulfide) groups is 1. The van der Waals surface area contributed by atoms with E-state index in [4.69, 9.17) is 20.3 Å². The average Bonchev–Trinajstić information content (AvgIpc) is 2.46. The van der Waals surface area contributed by atoms with Gasteiger partial charge in [-0.15, -0.1) is 11.8 Å². The zero-order valence-corrected chi connectivity index (χ0v) is 11.6. The normalized spacial score (nSPS) is 13.4. The van der Waals surface area contributed by atoms with Gasteiger partial charge in [-0.05, 0) is 25.2 Å². The van der Waals surface area contributed by atoms with Crippen molar-refractivity contribution in [2.75, 3.05) is 20.0 Å². The number of benzene rings is 1. The van der Waals surface area contributed by atoms with Crippen LogP contribution in [0.4, 0.5) is 4.39 Å². The van der Waals surface area contributed by atoms with Crippen LogP contribution in [0.2, 0.25) is 0 Å². The lowest BCUT2D eigenvalue weighted by Gasteiger charge is -2.22. The van der Waals surface area contributed by atoms with Crippen molar-refractivity contribution >= 4 is 22.5 Å². The van der Waals surface area contributed by atoms with Gasteiger partial charge in [-0.1, -0.05) is 0 Å². The fraction of sp³-hybridized carbons (Fsp3) is 0.385. The van der Waals surface area contributed by atoms with Crippen LogP contribution in [0.25, 0.3) is 0 Å². The van der Waals surface area contributed by atoms with E-state index < -0.39 is 5.82 Å². The quantitative estimate of drug-likeness (QED) is 0.661. The molecule has 1 aliphatic heterocycles. The van der Waals surface area contributed by atoms with Crippen LogP contribution in [0.5, 0.6) is 11.5 Å². The van der Waals surface area contributed by atoms with E-state index in [0.717, 1.165) is 18.2 Å². The second kappa shape index (κ2) is 5.61. The van der Waals surface area contributed by atoms with E-state index in [2.05, 4.69) is 0 Å². The molecule has 2 N–H and O–H groups in total. The maximum absolute atomic E-state index is 14.4. The number of hydrogen-bond acceptors (Lipinski definition) is 5. The zero-order chi connectivity index (χ0) is 14.0. The van der Waals surface area contributed by atoms with E-state index in [0.29, 0.717) is 30.1 Å². The number of ether oxygens (including phenoxy) is 2. The largest absolute Gasteiger partial charge is 0.493 e. The molecule has 0 bridgehead atoms. The highest BCUT2D eigenvalue weighted by molar-refractivity contribution is 8.15. The van der Waals surface area contributed by atoms with Crippen LogP contribution in [0.1, 0.15) is 17.5 Å².